The van der Waals surface area contributed by atoms with E-state index in [2.05, 4.69) is 50.2 Å². The third-order valence-electron chi connectivity index (χ3n) is 4.39. The molecule has 0 saturated carbocycles. The van der Waals surface area contributed by atoms with E-state index in [1.165, 1.54) is 0 Å². The predicted molar refractivity (Wildman–Crippen MR) is 92.1 cm³/mol. The monoisotopic (exact) mass is 295 g/mol. The summed E-state index contributed by atoms with van der Waals surface area (Å²) in [5.41, 5.74) is 1.54. The quantitative estimate of drug-likeness (QED) is 0.809. The van der Waals surface area contributed by atoms with E-state index >= 15 is 0 Å². The van der Waals surface area contributed by atoms with Gasteiger partial charge in [0.25, 0.3) is 0 Å². The van der Waals surface area contributed by atoms with Crippen molar-refractivity contribution in [1.29, 1.82) is 0 Å². The molecule has 0 bridgehead atoms. The van der Waals surface area contributed by atoms with Crippen molar-refractivity contribution in [3.8, 4) is 0 Å². The van der Waals surface area contributed by atoms with Gasteiger partial charge in [0.2, 0.25) is 0 Å². The van der Waals surface area contributed by atoms with Crippen molar-refractivity contribution < 1.29 is 4.79 Å². The van der Waals surface area contributed by atoms with Crippen LogP contribution in [0.5, 0.6) is 0 Å². The van der Waals surface area contributed by atoms with Crippen molar-refractivity contribution in [2.24, 2.45) is 5.92 Å². The van der Waals surface area contributed by atoms with Gasteiger partial charge in [0.1, 0.15) is 5.78 Å². The lowest BCUT2D eigenvalue weighted by atomic mass is 9.64. The Morgan fingerprint density at radius 3 is 1.68 bits per heavy atom. The number of ketones is 1. The summed E-state index contributed by atoms with van der Waals surface area (Å²) in [6, 6.07) is 20.3. The highest BCUT2D eigenvalue weighted by Crippen LogP contribution is 2.40. The second kappa shape index (κ2) is 6.89. The Kier molecular flexibility index (Phi) is 5.15. The summed E-state index contributed by atoms with van der Waals surface area (Å²) in [6.07, 6.45) is 0. The molecule has 2 rings (SSSR count). The Labute approximate surface area is 133 Å². The zero-order chi connectivity index (χ0) is 16.2. The van der Waals surface area contributed by atoms with E-state index in [1.54, 1.807) is 6.92 Å². The van der Waals surface area contributed by atoms with Crippen LogP contribution in [0, 0.1) is 5.92 Å². The van der Waals surface area contributed by atoms with Gasteiger partial charge in [-0.25, -0.2) is 0 Å². The van der Waals surface area contributed by atoms with Gasteiger partial charge in [-0.2, -0.15) is 0 Å². The van der Waals surface area contributed by atoms with E-state index in [1.807, 2.05) is 36.4 Å². The third-order valence-corrected chi connectivity index (χ3v) is 4.39. The lowest BCUT2D eigenvalue weighted by Crippen LogP contribution is -2.45. The first-order chi connectivity index (χ1) is 10.5. The molecule has 0 amide bonds. The summed E-state index contributed by atoms with van der Waals surface area (Å²) in [7, 11) is 4.11. The van der Waals surface area contributed by atoms with Gasteiger partial charge in [-0.3, -0.25) is 4.79 Å². The minimum Gasteiger partial charge on any atom is -0.309 e. The number of hydrogen-bond acceptors (Lipinski definition) is 2. The van der Waals surface area contributed by atoms with Crippen LogP contribution in [0.25, 0.3) is 0 Å². The van der Waals surface area contributed by atoms with Crippen molar-refractivity contribution >= 4 is 5.78 Å². The highest BCUT2D eigenvalue weighted by Gasteiger charge is 2.44. The summed E-state index contributed by atoms with van der Waals surface area (Å²) >= 11 is 0. The molecule has 1 atom stereocenters. The zero-order valence-electron chi connectivity index (χ0n) is 13.9. The van der Waals surface area contributed by atoms with E-state index in [4.69, 9.17) is 0 Å². The smallest absolute Gasteiger partial charge is 0.145 e. The summed E-state index contributed by atoms with van der Waals surface area (Å²) < 4.78 is 0. The topological polar surface area (TPSA) is 20.3 Å². The molecule has 0 radical (unpaired) electrons. The summed E-state index contributed by atoms with van der Waals surface area (Å²) in [5.74, 6) is 0.365. The van der Waals surface area contributed by atoms with Gasteiger partial charge in [0.15, 0.2) is 0 Å². The molecule has 1 unspecified atom stereocenters. The first-order valence-corrected chi connectivity index (χ1v) is 7.76. The van der Waals surface area contributed by atoms with E-state index in [0.29, 0.717) is 0 Å². The standard InChI is InChI=1S/C20H25NO/c1-16(15-21(3)4)20(17(2)22,18-11-7-5-8-12-18)19-13-9-6-10-14-19/h5-14,16H,15H2,1-4H3. The molecule has 2 aromatic carbocycles. The maximum atomic E-state index is 12.9. The zero-order valence-corrected chi connectivity index (χ0v) is 13.9. The van der Waals surface area contributed by atoms with Crippen LogP contribution in [0.15, 0.2) is 60.7 Å². The number of carbonyl (C=O) groups excluding carboxylic acids is 1. The molecule has 0 spiro atoms. The molecule has 0 N–H and O–H groups in total. The summed E-state index contributed by atoms with van der Waals surface area (Å²) in [4.78, 5) is 15.0. The van der Waals surface area contributed by atoms with Crippen molar-refractivity contribution in [3.05, 3.63) is 71.8 Å². The average Bonchev–Trinajstić information content (AvgIpc) is 2.49. The first kappa shape index (κ1) is 16.4. The van der Waals surface area contributed by atoms with Crippen LogP contribution in [0.3, 0.4) is 0 Å². The second-order valence-electron chi connectivity index (χ2n) is 6.26. The molecule has 22 heavy (non-hydrogen) atoms. The molecular formula is C20H25NO. The molecule has 0 fully saturated rings. The van der Waals surface area contributed by atoms with Crippen molar-refractivity contribution in [2.75, 3.05) is 20.6 Å². The largest absolute Gasteiger partial charge is 0.309 e. The van der Waals surface area contributed by atoms with E-state index < -0.39 is 5.41 Å². The average molecular weight is 295 g/mol. The third kappa shape index (κ3) is 2.97. The Hall–Kier alpha value is -1.93. The SMILES string of the molecule is CC(=O)C(c1ccccc1)(c1ccccc1)C(C)CN(C)C. The van der Waals surface area contributed by atoms with Crippen LogP contribution in [0.1, 0.15) is 25.0 Å². The van der Waals surface area contributed by atoms with Gasteiger partial charge in [-0.15, -0.1) is 0 Å². The molecule has 0 aliphatic heterocycles. The molecule has 2 heteroatoms. The highest BCUT2D eigenvalue weighted by atomic mass is 16.1. The van der Waals surface area contributed by atoms with Crippen LogP contribution in [-0.4, -0.2) is 31.3 Å². The fourth-order valence-electron chi connectivity index (χ4n) is 3.58. The molecule has 0 heterocycles. The maximum absolute atomic E-state index is 12.9. The fraction of sp³-hybridized carbons (Fsp3) is 0.350. The lowest BCUT2D eigenvalue weighted by molar-refractivity contribution is -0.122. The van der Waals surface area contributed by atoms with Crippen LogP contribution < -0.4 is 0 Å². The molecule has 2 aromatic rings. The molecule has 0 aromatic heterocycles. The van der Waals surface area contributed by atoms with Gasteiger partial charge < -0.3 is 4.90 Å². The Morgan fingerprint density at radius 1 is 0.955 bits per heavy atom. The summed E-state index contributed by atoms with van der Waals surface area (Å²) in [6.45, 7) is 4.73. The van der Waals surface area contributed by atoms with Gasteiger partial charge in [-0.1, -0.05) is 67.6 Å². The van der Waals surface area contributed by atoms with E-state index in [9.17, 15) is 4.79 Å². The minimum atomic E-state index is -0.604. The molecule has 116 valence electrons. The number of nitrogens with zero attached hydrogens (tertiary/aromatic N) is 1. The van der Waals surface area contributed by atoms with Crippen LogP contribution in [-0.2, 0) is 10.2 Å². The number of rotatable bonds is 6. The molecule has 0 saturated heterocycles. The highest BCUT2D eigenvalue weighted by molar-refractivity contribution is 5.92. The molecule has 0 aliphatic rings. The van der Waals surface area contributed by atoms with Gasteiger partial charge in [-0.05, 0) is 38.1 Å². The first-order valence-electron chi connectivity index (χ1n) is 7.76. The Bertz CT molecular complexity index is 565. The molecule has 2 nitrogen and oxygen atoms in total. The van der Waals surface area contributed by atoms with Crippen molar-refractivity contribution in [1.82, 2.24) is 4.90 Å². The van der Waals surface area contributed by atoms with Gasteiger partial charge in [0.05, 0.1) is 5.41 Å². The Balaban J connectivity index is 2.68. The lowest BCUT2D eigenvalue weighted by Gasteiger charge is -2.39. The number of carbonyl (C=O) groups is 1. The second-order valence-corrected chi connectivity index (χ2v) is 6.26. The van der Waals surface area contributed by atoms with Crippen LogP contribution in [0.4, 0.5) is 0 Å². The predicted octanol–water partition coefficient (Wildman–Crippen LogP) is 3.76. The fourth-order valence-corrected chi connectivity index (χ4v) is 3.58. The van der Waals surface area contributed by atoms with Gasteiger partial charge >= 0.3 is 0 Å². The molecule has 0 aliphatic carbocycles. The van der Waals surface area contributed by atoms with Gasteiger partial charge in [0, 0.05) is 6.54 Å². The minimum absolute atomic E-state index is 0.171. The Morgan fingerprint density at radius 2 is 1.36 bits per heavy atom. The van der Waals surface area contributed by atoms with Crippen molar-refractivity contribution in [2.45, 2.75) is 19.3 Å². The number of Topliss-reactive ketones (excluding diaryl/α,β-unsaturated/α-hetero) is 1. The number of benzene rings is 2. The maximum Gasteiger partial charge on any atom is 0.145 e. The van der Waals surface area contributed by atoms with E-state index in [-0.39, 0.29) is 11.7 Å². The normalized spacial score (nSPS) is 13.1. The van der Waals surface area contributed by atoms with Crippen LogP contribution in [0.2, 0.25) is 0 Å². The van der Waals surface area contributed by atoms with Crippen molar-refractivity contribution in [3.63, 3.8) is 0 Å². The molecular weight excluding hydrogens is 270 g/mol. The van der Waals surface area contributed by atoms with Crippen LogP contribution >= 0.6 is 0 Å². The van der Waals surface area contributed by atoms with E-state index in [0.717, 1.165) is 17.7 Å². The summed E-state index contributed by atoms with van der Waals surface area (Å²) in [5, 5.41) is 0. The number of hydrogen-bond donors (Lipinski definition) is 0.